The minimum atomic E-state index is -2.52. The Hall–Kier alpha value is -4.95. The minimum absolute atomic E-state index is 0.0839. The Bertz CT molecular complexity index is 2300. The van der Waals surface area contributed by atoms with Crippen molar-refractivity contribution in [2.24, 2.45) is 5.41 Å². The molecule has 0 saturated heterocycles. The van der Waals surface area contributed by atoms with E-state index in [2.05, 4.69) is 71.7 Å². The largest absolute Gasteiger partial charge is 0.455 e. The smallest absolute Gasteiger partial charge is 0.144 e. The molecule has 0 radical (unpaired) electrons. The molecule has 7 aromatic rings. The van der Waals surface area contributed by atoms with Gasteiger partial charge < -0.3 is 4.42 Å². The predicted molar refractivity (Wildman–Crippen MR) is 181 cm³/mol. The molecule has 0 aliphatic carbocycles. The molecule has 0 fully saturated rings. The average Bonchev–Trinajstić information content (AvgIpc) is 3.47. The maximum atomic E-state index is 8.97. The van der Waals surface area contributed by atoms with Crippen molar-refractivity contribution in [2.45, 2.75) is 34.0 Å². The van der Waals surface area contributed by atoms with Gasteiger partial charge in [-0.3, -0.25) is 4.98 Å². The number of hydrogen-bond donors (Lipinski definition) is 0. The zero-order chi connectivity index (χ0) is 33.8. The first kappa shape index (κ1) is 21.7. The standard InChI is InChI=1S/C41H35NO/c1-27-26-42-38(24-33(27)25-41(2,3)4)37-21-11-20-36-35-19-10-18-34(39(35)43-40(36)37)32-17-9-16-31(23-32)30-15-8-14-29(22-30)28-12-6-5-7-13-28/h5-24,26H,25H2,1-4H3/i1D3,25D2. The monoisotopic (exact) mass is 562 g/mol. The van der Waals surface area contributed by atoms with E-state index >= 15 is 0 Å². The van der Waals surface area contributed by atoms with Crippen LogP contribution in [0.1, 0.15) is 38.8 Å². The highest BCUT2D eigenvalue weighted by Gasteiger charge is 2.18. The first-order valence-corrected chi connectivity index (χ1v) is 14.5. The summed E-state index contributed by atoms with van der Waals surface area (Å²) >= 11 is 0. The van der Waals surface area contributed by atoms with Crippen molar-refractivity contribution in [3.05, 3.63) is 139 Å². The van der Waals surface area contributed by atoms with E-state index in [-0.39, 0.29) is 11.1 Å². The van der Waals surface area contributed by atoms with E-state index in [0.717, 1.165) is 44.2 Å². The molecule has 0 aliphatic heterocycles. The van der Waals surface area contributed by atoms with Gasteiger partial charge in [0, 0.05) is 34.9 Å². The molecule has 0 saturated carbocycles. The molecule has 2 heterocycles. The van der Waals surface area contributed by atoms with Crippen LogP contribution in [0.4, 0.5) is 0 Å². The van der Waals surface area contributed by atoms with Crippen molar-refractivity contribution in [3.8, 4) is 44.6 Å². The number of nitrogens with zero attached hydrogens (tertiary/aromatic N) is 1. The second-order valence-electron chi connectivity index (χ2n) is 12.0. The summed E-state index contributed by atoms with van der Waals surface area (Å²) in [7, 11) is 0. The Morgan fingerprint density at radius 2 is 1.19 bits per heavy atom. The summed E-state index contributed by atoms with van der Waals surface area (Å²) in [5.74, 6) is 0. The van der Waals surface area contributed by atoms with Gasteiger partial charge in [0.1, 0.15) is 11.2 Å². The van der Waals surface area contributed by atoms with E-state index in [4.69, 9.17) is 11.3 Å². The molecule has 0 amide bonds. The lowest BCUT2D eigenvalue weighted by Gasteiger charge is -2.20. The van der Waals surface area contributed by atoms with Gasteiger partial charge in [-0.1, -0.05) is 118 Å². The van der Waals surface area contributed by atoms with Crippen LogP contribution in [-0.2, 0) is 6.37 Å². The summed E-state index contributed by atoms with van der Waals surface area (Å²) in [4.78, 5) is 4.56. The van der Waals surface area contributed by atoms with Gasteiger partial charge in [-0.25, -0.2) is 0 Å². The number of benzene rings is 5. The van der Waals surface area contributed by atoms with Crippen molar-refractivity contribution in [2.75, 3.05) is 0 Å². The van der Waals surface area contributed by atoms with Gasteiger partial charge in [-0.2, -0.15) is 0 Å². The number of furan rings is 1. The lowest BCUT2D eigenvalue weighted by molar-refractivity contribution is 0.410. The minimum Gasteiger partial charge on any atom is -0.455 e. The van der Waals surface area contributed by atoms with Gasteiger partial charge in [-0.15, -0.1) is 0 Å². The summed E-state index contributed by atoms with van der Waals surface area (Å²) in [6.07, 6.45) is -0.637. The molecule has 0 bridgehead atoms. The molecule has 0 spiro atoms. The maximum Gasteiger partial charge on any atom is 0.144 e. The van der Waals surface area contributed by atoms with Crippen LogP contribution >= 0.6 is 0 Å². The van der Waals surface area contributed by atoms with Crippen molar-refractivity contribution >= 4 is 21.9 Å². The van der Waals surface area contributed by atoms with Gasteiger partial charge in [0.05, 0.1) is 5.69 Å². The summed E-state index contributed by atoms with van der Waals surface area (Å²) in [5, 5.41) is 1.85. The summed E-state index contributed by atoms with van der Waals surface area (Å²) in [6, 6.07) is 40.9. The number of para-hydroxylation sites is 2. The fourth-order valence-electron chi connectivity index (χ4n) is 5.73. The van der Waals surface area contributed by atoms with Crippen LogP contribution < -0.4 is 0 Å². The van der Waals surface area contributed by atoms with E-state index in [0.29, 0.717) is 16.8 Å². The third-order valence-electron chi connectivity index (χ3n) is 7.69. The number of pyridine rings is 1. The first-order valence-electron chi connectivity index (χ1n) is 17.0. The Morgan fingerprint density at radius 3 is 1.86 bits per heavy atom. The van der Waals surface area contributed by atoms with Crippen molar-refractivity contribution in [1.29, 1.82) is 0 Å². The summed E-state index contributed by atoms with van der Waals surface area (Å²) in [5.41, 5.74) is 8.16. The van der Waals surface area contributed by atoms with E-state index in [9.17, 15) is 0 Å². The van der Waals surface area contributed by atoms with E-state index in [1.807, 2.05) is 48.5 Å². The number of aromatic nitrogens is 1. The molecule has 0 atom stereocenters. The van der Waals surface area contributed by atoms with Crippen molar-refractivity contribution in [1.82, 2.24) is 4.98 Å². The van der Waals surface area contributed by atoms with Crippen molar-refractivity contribution in [3.63, 3.8) is 0 Å². The second kappa shape index (κ2) is 10.7. The third-order valence-corrected chi connectivity index (χ3v) is 7.69. The van der Waals surface area contributed by atoms with Gasteiger partial charge in [0.2, 0.25) is 0 Å². The Morgan fingerprint density at radius 1 is 0.628 bits per heavy atom. The van der Waals surface area contributed by atoms with Crippen LogP contribution in [0.5, 0.6) is 0 Å². The highest BCUT2D eigenvalue weighted by molar-refractivity contribution is 6.12. The number of aryl methyl sites for hydroxylation is 1. The molecule has 2 nitrogen and oxygen atoms in total. The topological polar surface area (TPSA) is 26.0 Å². The van der Waals surface area contributed by atoms with E-state index in [1.54, 1.807) is 26.8 Å². The molecular weight excluding hydrogens is 522 g/mol. The van der Waals surface area contributed by atoms with Crippen LogP contribution in [-0.4, -0.2) is 4.98 Å². The maximum absolute atomic E-state index is 8.97. The van der Waals surface area contributed by atoms with E-state index < -0.39 is 18.6 Å². The quantitative estimate of drug-likeness (QED) is 0.208. The van der Waals surface area contributed by atoms with Crippen LogP contribution in [0, 0.1) is 12.3 Å². The van der Waals surface area contributed by atoms with Crippen LogP contribution in [0.3, 0.4) is 0 Å². The number of fused-ring (bicyclic) bond motifs is 3. The van der Waals surface area contributed by atoms with Gasteiger partial charge >= 0.3 is 0 Å². The highest BCUT2D eigenvalue weighted by Crippen LogP contribution is 2.40. The molecule has 43 heavy (non-hydrogen) atoms. The number of rotatable bonds is 5. The van der Waals surface area contributed by atoms with Gasteiger partial charge in [0.25, 0.3) is 0 Å². The molecule has 2 heteroatoms. The Kier molecular flexibility index (Phi) is 5.41. The van der Waals surface area contributed by atoms with Crippen molar-refractivity contribution < 1.29 is 11.3 Å². The molecule has 210 valence electrons. The SMILES string of the molecule is [2H]C([2H])([2H])c1cnc(-c2cccc3c2oc2c(-c4cccc(-c5cccc(-c6ccccc6)c5)c4)cccc23)cc1C([2H])([2H])C(C)(C)C. The predicted octanol–water partition coefficient (Wildman–Crippen LogP) is 11.5. The highest BCUT2D eigenvalue weighted by atomic mass is 16.3. The second-order valence-corrected chi connectivity index (χ2v) is 12.0. The lowest BCUT2D eigenvalue weighted by Crippen LogP contribution is -2.10. The molecule has 5 aromatic carbocycles. The zero-order valence-corrected chi connectivity index (χ0v) is 24.5. The van der Waals surface area contributed by atoms with E-state index in [1.165, 1.54) is 11.8 Å². The molecular formula is C41H35NO. The normalized spacial score (nSPS) is 14.2. The summed E-state index contributed by atoms with van der Waals surface area (Å²) in [6.45, 7) is 2.80. The lowest BCUT2D eigenvalue weighted by atomic mass is 9.86. The zero-order valence-electron chi connectivity index (χ0n) is 29.5. The molecule has 0 aliphatic rings. The Labute approximate surface area is 260 Å². The molecule has 0 N–H and O–H groups in total. The first-order chi connectivity index (χ1) is 22.8. The molecule has 0 unspecified atom stereocenters. The molecule has 2 aromatic heterocycles. The molecule has 7 rings (SSSR count). The Balaban J connectivity index is 1.36. The average molecular weight is 563 g/mol. The van der Waals surface area contributed by atoms with Crippen LogP contribution in [0.2, 0.25) is 0 Å². The van der Waals surface area contributed by atoms with Gasteiger partial charge in [0.15, 0.2) is 0 Å². The fraction of sp³-hybridized carbons (Fsp3) is 0.146. The summed E-state index contributed by atoms with van der Waals surface area (Å²) < 4.78 is 49.0. The van der Waals surface area contributed by atoms with Crippen LogP contribution in [0.15, 0.2) is 132 Å². The van der Waals surface area contributed by atoms with Gasteiger partial charge in [-0.05, 0) is 81.8 Å². The third kappa shape index (κ3) is 5.26. The fourth-order valence-corrected chi connectivity index (χ4v) is 5.73. The number of hydrogen-bond acceptors (Lipinski definition) is 2. The van der Waals surface area contributed by atoms with Crippen LogP contribution in [0.25, 0.3) is 66.6 Å².